The SMILES string of the molecule is CCCC(=O)CC1CCCC(NC(C)c2ccccc2)C1c1ccc(F)cc1C. The van der Waals surface area contributed by atoms with Crippen molar-refractivity contribution in [3.05, 3.63) is 71.0 Å². The topological polar surface area (TPSA) is 29.1 Å². The minimum absolute atomic E-state index is 0.192. The van der Waals surface area contributed by atoms with Crippen LogP contribution in [-0.4, -0.2) is 11.8 Å². The first-order chi connectivity index (χ1) is 14.0. The first kappa shape index (κ1) is 21.7. The van der Waals surface area contributed by atoms with Gasteiger partial charge in [-0.15, -0.1) is 0 Å². The molecule has 0 aromatic heterocycles. The number of nitrogens with one attached hydrogen (secondary N) is 1. The van der Waals surface area contributed by atoms with E-state index < -0.39 is 0 Å². The van der Waals surface area contributed by atoms with Gasteiger partial charge in [-0.05, 0) is 67.9 Å². The molecular weight excluding hydrogens is 361 g/mol. The predicted octanol–water partition coefficient (Wildman–Crippen LogP) is 6.50. The molecule has 0 aliphatic heterocycles. The fourth-order valence-electron chi connectivity index (χ4n) is 5.02. The highest BCUT2D eigenvalue weighted by Crippen LogP contribution is 2.42. The minimum Gasteiger partial charge on any atom is -0.307 e. The molecule has 3 heteroatoms. The van der Waals surface area contributed by atoms with Gasteiger partial charge in [0.05, 0.1) is 0 Å². The van der Waals surface area contributed by atoms with Crippen LogP contribution < -0.4 is 5.32 Å². The first-order valence-electron chi connectivity index (χ1n) is 11.1. The fourth-order valence-corrected chi connectivity index (χ4v) is 5.02. The molecule has 1 aliphatic carbocycles. The van der Waals surface area contributed by atoms with E-state index in [9.17, 15) is 9.18 Å². The monoisotopic (exact) mass is 395 g/mol. The van der Waals surface area contributed by atoms with Crippen molar-refractivity contribution in [3.8, 4) is 0 Å². The molecule has 1 fully saturated rings. The highest BCUT2D eigenvalue weighted by atomic mass is 19.1. The van der Waals surface area contributed by atoms with Crippen LogP contribution in [0.15, 0.2) is 48.5 Å². The van der Waals surface area contributed by atoms with Gasteiger partial charge in [0.2, 0.25) is 0 Å². The summed E-state index contributed by atoms with van der Waals surface area (Å²) in [6.45, 7) is 6.26. The van der Waals surface area contributed by atoms with Crippen LogP contribution in [0.5, 0.6) is 0 Å². The second-order valence-electron chi connectivity index (χ2n) is 8.62. The largest absolute Gasteiger partial charge is 0.307 e. The van der Waals surface area contributed by atoms with Crippen LogP contribution in [0.1, 0.15) is 81.0 Å². The van der Waals surface area contributed by atoms with Crippen molar-refractivity contribution < 1.29 is 9.18 Å². The molecule has 29 heavy (non-hydrogen) atoms. The van der Waals surface area contributed by atoms with Crippen LogP contribution in [0.2, 0.25) is 0 Å². The van der Waals surface area contributed by atoms with Crippen molar-refractivity contribution in [3.63, 3.8) is 0 Å². The van der Waals surface area contributed by atoms with Gasteiger partial charge in [0.25, 0.3) is 0 Å². The molecule has 156 valence electrons. The molecule has 1 saturated carbocycles. The molecule has 0 saturated heterocycles. The van der Waals surface area contributed by atoms with Gasteiger partial charge >= 0.3 is 0 Å². The van der Waals surface area contributed by atoms with E-state index in [-0.39, 0.29) is 23.8 Å². The molecule has 1 aliphatic rings. The van der Waals surface area contributed by atoms with Crippen molar-refractivity contribution in [2.24, 2.45) is 5.92 Å². The molecule has 2 nitrogen and oxygen atoms in total. The van der Waals surface area contributed by atoms with E-state index in [2.05, 4.69) is 43.4 Å². The maximum atomic E-state index is 13.8. The standard InChI is InChI=1S/C26H34FNO/c1-4-9-23(29)17-21-12-8-13-25(28-19(3)20-10-6-5-7-11-20)26(21)24-15-14-22(27)16-18(24)2/h5-7,10-11,14-16,19,21,25-26,28H,4,8-9,12-13,17H2,1-3H3. The zero-order valence-electron chi connectivity index (χ0n) is 18.0. The molecule has 0 amide bonds. The lowest BCUT2D eigenvalue weighted by molar-refractivity contribution is -0.120. The summed E-state index contributed by atoms with van der Waals surface area (Å²) in [5, 5.41) is 3.86. The molecule has 2 aromatic carbocycles. The molecule has 0 radical (unpaired) electrons. The Morgan fingerprint density at radius 2 is 1.93 bits per heavy atom. The van der Waals surface area contributed by atoms with E-state index in [4.69, 9.17) is 0 Å². The van der Waals surface area contributed by atoms with Gasteiger partial charge in [0.1, 0.15) is 11.6 Å². The molecule has 4 atom stereocenters. The summed E-state index contributed by atoms with van der Waals surface area (Å²) >= 11 is 0. The number of ketones is 1. The van der Waals surface area contributed by atoms with Crippen molar-refractivity contribution in [1.29, 1.82) is 0 Å². The molecule has 3 rings (SSSR count). The minimum atomic E-state index is -0.192. The van der Waals surface area contributed by atoms with Crippen molar-refractivity contribution in [2.75, 3.05) is 0 Å². The maximum absolute atomic E-state index is 13.8. The smallest absolute Gasteiger partial charge is 0.133 e. The second kappa shape index (κ2) is 10.2. The Balaban J connectivity index is 1.88. The highest BCUT2D eigenvalue weighted by molar-refractivity contribution is 5.78. The lowest BCUT2D eigenvalue weighted by Crippen LogP contribution is -2.43. The molecule has 4 unspecified atom stereocenters. The van der Waals surface area contributed by atoms with E-state index in [0.29, 0.717) is 24.5 Å². The van der Waals surface area contributed by atoms with E-state index in [0.717, 1.165) is 31.2 Å². The lowest BCUT2D eigenvalue weighted by atomic mass is 9.69. The number of aryl methyl sites for hydroxylation is 1. The summed E-state index contributed by atoms with van der Waals surface area (Å²) in [5.41, 5.74) is 3.45. The summed E-state index contributed by atoms with van der Waals surface area (Å²) < 4.78 is 13.8. The van der Waals surface area contributed by atoms with Gasteiger partial charge in [-0.2, -0.15) is 0 Å². The highest BCUT2D eigenvalue weighted by Gasteiger charge is 2.36. The van der Waals surface area contributed by atoms with Crippen LogP contribution in [0.25, 0.3) is 0 Å². The van der Waals surface area contributed by atoms with Crippen LogP contribution in [0.4, 0.5) is 4.39 Å². The van der Waals surface area contributed by atoms with Crippen LogP contribution in [0, 0.1) is 18.7 Å². The number of carbonyl (C=O) groups is 1. The molecule has 0 bridgehead atoms. The zero-order valence-corrected chi connectivity index (χ0v) is 18.0. The quantitative estimate of drug-likeness (QED) is 0.553. The third-order valence-electron chi connectivity index (χ3n) is 6.40. The average molecular weight is 396 g/mol. The number of hydrogen-bond acceptors (Lipinski definition) is 2. The number of Topliss-reactive ketones (excluding diaryl/α,β-unsaturated/α-hetero) is 1. The van der Waals surface area contributed by atoms with E-state index in [1.807, 2.05) is 19.1 Å². The summed E-state index contributed by atoms with van der Waals surface area (Å²) in [4.78, 5) is 12.5. The molecule has 0 heterocycles. The Labute approximate surface area is 174 Å². The number of halogens is 1. The van der Waals surface area contributed by atoms with Crippen LogP contribution in [0.3, 0.4) is 0 Å². The number of benzene rings is 2. The number of hydrogen-bond donors (Lipinski definition) is 1. The first-order valence-corrected chi connectivity index (χ1v) is 11.1. The summed E-state index contributed by atoms with van der Waals surface area (Å²) in [6.07, 6.45) is 5.46. The van der Waals surface area contributed by atoms with Gasteiger partial charge in [-0.3, -0.25) is 4.79 Å². The number of carbonyl (C=O) groups excluding carboxylic acids is 1. The Morgan fingerprint density at radius 1 is 1.17 bits per heavy atom. The Hall–Kier alpha value is -2.00. The van der Waals surface area contributed by atoms with Gasteiger partial charge in [-0.1, -0.05) is 49.7 Å². The average Bonchev–Trinajstić information content (AvgIpc) is 2.70. The van der Waals surface area contributed by atoms with Crippen molar-refractivity contribution in [1.82, 2.24) is 5.32 Å². The Morgan fingerprint density at radius 3 is 2.62 bits per heavy atom. The van der Waals surface area contributed by atoms with Gasteiger partial charge in [-0.25, -0.2) is 4.39 Å². The molecular formula is C26H34FNO. The van der Waals surface area contributed by atoms with Gasteiger partial charge in [0.15, 0.2) is 0 Å². The molecule has 1 N–H and O–H groups in total. The third kappa shape index (κ3) is 5.54. The second-order valence-corrected chi connectivity index (χ2v) is 8.62. The van der Waals surface area contributed by atoms with Gasteiger partial charge in [0, 0.05) is 30.8 Å². The Bertz CT molecular complexity index is 804. The fraction of sp³-hybridized carbons (Fsp3) is 0.500. The van der Waals surface area contributed by atoms with Gasteiger partial charge < -0.3 is 5.32 Å². The summed E-state index contributed by atoms with van der Waals surface area (Å²) in [6, 6.07) is 16.1. The summed E-state index contributed by atoms with van der Waals surface area (Å²) in [5.74, 6) is 0.714. The molecule has 0 spiro atoms. The Kier molecular flexibility index (Phi) is 7.60. The normalized spacial score (nSPS) is 23.0. The van der Waals surface area contributed by atoms with Crippen molar-refractivity contribution >= 4 is 5.78 Å². The third-order valence-corrected chi connectivity index (χ3v) is 6.40. The summed E-state index contributed by atoms with van der Waals surface area (Å²) in [7, 11) is 0. The van der Waals surface area contributed by atoms with E-state index in [1.165, 1.54) is 11.1 Å². The maximum Gasteiger partial charge on any atom is 0.133 e. The van der Waals surface area contributed by atoms with Crippen LogP contribution >= 0.6 is 0 Å². The molecule has 2 aromatic rings. The zero-order chi connectivity index (χ0) is 20.8. The predicted molar refractivity (Wildman–Crippen MR) is 118 cm³/mol. The van der Waals surface area contributed by atoms with Crippen LogP contribution in [-0.2, 0) is 4.79 Å². The lowest BCUT2D eigenvalue weighted by Gasteiger charge is -2.41. The van der Waals surface area contributed by atoms with Crippen molar-refractivity contribution in [2.45, 2.75) is 77.3 Å². The van der Waals surface area contributed by atoms with E-state index >= 15 is 0 Å². The number of rotatable bonds is 8. The van der Waals surface area contributed by atoms with E-state index in [1.54, 1.807) is 12.1 Å².